The number of carbonyl (C=O) groups is 2. The van der Waals surface area contributed by atoms with Gasteiger partial charge in [-0.3, -0.25) is 9.69 Å². The molecule has 1 aromatic carbocycles. The smallest absolute Gasteiger partial charge is 0.416 e. The Hall–Kier alpha value is -2.55. The van der Waals surface area contributed by atoms with Crippen LogP contribution in [0.15, 0.2) is 18.2 Å². The molecule has 1 N–H and O–H groups in total. The summed E-state index contributed by atoms with van der Waals surface area (Å²) in [6.45, 7) is -0.287. The molecule has 1 aliphatic heterocycles. The first-order valence-electron chi connectivity index (χ1n) is 4.81. The number of nitriles is 1. The van der Waals surface area contributed by atoms with Crippen molar-refractivity contribution >= 4 is 12.1 Å². The SMILES string of the molecule is N#Cc1ccc2c(c1)CN(CC(=O)O)C(=O)O2. The van der Waals surface area contributed by atoms with Crippen LogP contribution in [0.5, 0.6) is 5.75 Å². The quantitative estimate of drug-likeness (QED) is 0.819. The van der Waals surface area contributed by atoms with Crippen molar-refractivity contribution in [3.8, 4) is 11.8 Å². The number of hydrogen-bond donors (Lipinski definition) is 1. The molecule has 0 saturated heterocycles. The van der Waals surface area contributed by atoms with Gasteiger partial charge in [-0.25, -0.2) is 4.79 Å². The fraction of sp³-hybridized carbons (Fsp3) is 0.182. The molecule has 6 nitrogen and oxygen atoms in total. The van der Waals surface area contributed by atoms with Crippen LogP contribution in [0.1, 0.15) is 11.1 Å². The minimum absolute atomic E-state index is 0.135. The van der Waals surface area contributed by atoms with E-state index in [9.17, 15) is 9.59 Å². The third kappa shape index (κ3) is 2.18. The average Bonchev–Trinajstić information content (AvgIpc) is 2.29. The van der Waals surface area contributed by atoms with Crippen LogP contribution in [-0.4, -0.2) is 28.6 Å². The lowest BCUT2D eigenvalue weighted by molar-refractivity contribution is -0.138. The summed E-state index contributed by atoms with van der Waals surface area (Å²) in [5.41, 5.74) is 1.07. The Morgan fingerprint density at radius 3 is 3.00 bits per heavy atom. The van der Waals surface area contributed by atoms with Gasteiger partial charge in [0.2, 0.25) is 0 Å². The second-order valence-electron chi connectivity index (χ2n) is 3.55. The zero-order valence-electron chi connectivity index (χ0n) is 8.71. The van der Waals surface area contributed by atoms with E-state index in [2.05, 4.69) is 0 Å². The maximum Gasteiger partial charge on any atom is 0.416 e. The molecule has 86 valence electrons. The number of fused-ring (bicyclic) bond motifs is 1. The van der Waals surface area contributed by atoms with E-state index in [0.717, 1.165) is 4.90 Å². The first-order chi connectivity index (χ1) is 8.10. The molecule has 17 heavy (non-hydrogen) atoms. The van der Waals surface area contributed by atoms with Crippen molar-refractivity contribution in [2.45, 2.75) is 6.54 Å². The van der Waals surface area contributed by atoms with Crippen molar-refractivity contribution in [1.82, 2.24) is 4.90 Å². The number of rotatable bonds is 2. The number of nitrogens with zero attached hydrogens (tertiary/aromatic N) is 2. The molecule has 0 aromatic heterocycles. The predicted molar refractivity (Wildman–Crippen MR) is 55.2 cm³/mol. The minimum atomic E-state index is -1.11. The van der Waals surface area contributed by atoms with Gasteiger partial charge in [0.05, 0.1) is 18.2 Å². The van der Waals surface area contributed by atoms with Crippen molar-refractivity contribution in [2.24, 2.45) is 0 Å². The highest BCUT2D eigenvalue weighted by Gasteiger charge is 2.26. The summed E-state index contributed by atoms with van der Waals surface area (Å²) in [5.74, 6) is -0.738. The van der Waals surface area contributed by atoms with E-state index in [1.54, 1.807) is 12.1 Å². The molecular formula is C11H8N2O4. The van der Waals surface area contributed by atoms with Gasteiger partial charge in [-0.15, -0.1) is 0 Å². The van der Waals surface area contributed by atoms with E-state index in [-0.39, 0.29) is 6.54 Å². The van der Waals surface area contributed by atoms with Crippen LogP contribution in [0, 0.1) is 11.3 Å². The second-order valence-corrected chi connectivity index (χ2v) is 3.55. The van der Waals surface area contributed by atoms with E-state index in [1.165, 1.54) is 6.07 Å². The molecule has 1 heterocycles. The molecule has 0 unspecified atom stereocenters. The molecule has 0 aliphatic carbocycles. The van der Waals surface area contributed by atoms with Crippen LogP contribution in [0.3, 0.4) is 0 Å². The Bertz CT molecular complexity index is 533. The monoisotopic (exact) mass is 232 g/mol. The predicted octanol–water partition coefficient (Wildman–Crippen LogP) is 0.957. The molecular weight excluding hydrogens is 224 g/mol. The Morgan fingerprint density at radius 2 is 2.35 bits per heavy atom. The normalized spacial score (nSPS) is 13.6. The molecule has 1 aromatic rings. The molecule has 0 saturated carbocycles. The summed E-state index contributed by atoms with van der Waals surface area (Å²) in [7, 11) is 0. The lowest BCUT2D eigenvalue weighted by Gasteiger charge is -2.26. The first kappa shape index (κ1) is 11.0. The number of ether oxygens (including phenoxy) is 1. The third-order valence-corrected chi connectivity index (χ3v) is 2.33. The zero-order chi connectivity index (χ0) is 12.4. The lowest BCUT2D eigenvalue weighted by Crippen LogP contribution is -2.40. The summed E-state index contributed by atoms with van der Waals surface area (Å²) in [6, 6.07) is 6.62. The molecule has 0 bridgehead atoms. The van der Waals surface area contributed by atoms with E-state index in [1.807, 2.05) is 6.07 Å². The number of carboxylic acids is 1. The summed E-state index contributed by atoms with van der Waals surface area (Å²) in [5, 5.41) is 17.4. The Labute approximate surface area is 96.6 Å². The average molecular weight is 232 g/mol. The highest BCUT2D eigenvalue weighted by atomic mass is 16.6. The summed E-state index contributed by atoms with van der Waals surface area (Å²) < 4.78 is 4.96. The van der Waals surface area contributed by atoms with Gasteiger partial charge < -0.3 is 9.84 Å². The van der Waals surface area contributed by atoms with Crippen LogP contribution < -0.4 is 4.74 Å². The maximum atomic E-state index is 11.4. The number of benzene rings is 1. The standard InChI is InChI=1S/C11H8N2O4/c12-4-7-1-2-9-8(3-7)5-13(6-10(14)15)11(16)17-9/h1-3H,5-6H2,(H,14,15). The molecule has 0 spiro atoms. The molecule has 2 rings (SSSR count). The Kier molecular flexibility index (Phi) is 2.66. The highest BCUT2D eigenvalue weighted by Crippen LogP contribution is 2.26. The Morgan fingerprint density at radius 1 is 1.59 bits per heavy atom. The molecule has 1 aliphatic rings. The van der Waals surface area contributed by atoms with E-state index < -0.39 is 18.6 Å². The van der Waals surface area contributed by atoms with Crippen LogP contribution in [-0.2, 0) is 11.3 Å². The van der Waals surface area contributed by atoms with Gasteiger partial charge >= 0.3 is 12.1 Å². The van der Waals surface area contributed by atoms with Gasteiger partial charge in [0.25, 0.3) is 0 Å². The topological polar surface area (TPSA) is 90.6 Å². The van der Waals surface area contributed by atoms with Crippen molar-refractivity contribution in [3.05, 3.63) is 29.3 Å². The second kappa shape index (κ2) is 4.14. The first-order valence-corrected chi connectivity index (χ1v) is 4.81. The molecule has 0 radical (unpaired) electrons. The summed E-state index contributed by atoms with van der Waals surface area (Å²) >= 11 is 0. The number of amides is 1. The van der Waals surface area contributed by atoms with Gasteiger partial charge in [0.1, 0.15) is 12.3 Å². The largest absolute Gasteiger partial charge is 0.480 e. The summed E-state index contributed by atoms with van der Waals surface area (Å²) in [6.07, 6.45) is -0.690. The van der Waals surface area contributed by atoms with Crippen molar-refractivity contribution in [3.63, 3.8) is 0 Å². The van der Waals surface area contributed by atoms with Gasteiger partial charge in [0.15, 0.2) is 0 Å². The Balaban J connectivity index is 2.29. The molecule has 0 atom stereocenters. The van der Waals surface area contributed by atoms with Crippen LogP contribution in [0.4, 0.5) is 4.79 Å². The van der Waals surface area contributed by atoms with Gasteiger partial charge in [0, 0.05) is 5.56 Å². The number of aliphatic carboxylic acids is 1. The summed E-state index contributed by atoms with van der Waals surface area (Å²) in [4.78, 5) is 23.0. The van der Waals surface area contributed by atoms with Crippen LogP contribution in [0.2, 0.25) is 0 Å². The van der Waals surface area contributed by atoms with Gasteiger partial charge in [-0.05, 0) is 18.2 Å². The van der Waals surface area contributed by atoms with Gasteiger partial charge in [-0.2, -0.15) is 5.26 Å². The van der Waals surface area contributed by atoms with Crippen molar-refractivity contribution in [1.29, 1.82) is 5.26 Å². The third-order valence-electron chi connectivity index (χ3n) is 2.33. The van der Waals surface area contributed by atoms with Crippen molar-refractivity contribution < 1.29 is 19.4 Å². The number of carbonyl (C=O) groups excluding carboxylic acids is 1. The van der Waals surface area contributed by atoms with Crippen molar-refractivity contribution in [2.75, 3.05) is 6.54 Å². The van der Waals surface area contributed by atoms with Crippen LogP contribution >= 0.6 is 0 Å². The number of hydrogen-bond acceptors (Lipinski definition) is 4. The van der Waals surface area contributed by atoms with Crippen LogP contribution in [0.25, 0.3) is 0 Å². The minimum Gasteiger partial charge on any atom is -0.480 e. The van der Waals surface area contributed by atoms with E-state index in [4.69, 9.17) is 15.1 Å². The maximum absolute atomic E-state index is 11.4. The number of carboxylic acid groups (broad SMARTS) is 1. The van der Waals surface area contributed by atoms with Gasteiger partial charge in [-0.1, -0.05) is 0 Å². The van der Waals surface area contributed by atoms with E-state index in [0.29, 0.717) is 16.9 Å². The fourth-order valence-corrected chi connectivity index (χ4v) is 1.58. The fourth-order valence-electron chi connectivity index (χ4n) is 1.58. The van der Waals surface area contributed by atoms with E-state index >= 15 is 0 Å². The molecule has 0 fully saturated rings. The molecule has 6 heteroatoms. The molecule has 1 amide bonds. The lowest BCUT2D eigenvalue weighted by atomic mass is 10.1. The highest BCUT2D eigenvalue weighted by molar-refractivity contribution is 5.79. The zero-order valence-corrected chi connectivity index (χ0v) is 8.71.